The average Bonchev–Trinajstić information content (AvgIpc) is 2.68. The summed E-state index contributed by atoms with van der Waals surface area (Å²) in [6, 6.07) is 0. The van der Waals surface area contributed by atoms with Crippen LogP contribution in [-0.2, 0) is 28.5 Å². The zero-order valence-electron chi connectivity index (χ0n) is 14.3. The Morgan fingerprint density at radius 3 is 2.61 bits per heavy atom. The van der Waals surface area contributed by atoms with Crippen molar-refractivity contribution in [1.82, 2.24) is 0 Å². The van der Waals surface area contributed by atoms with Crippen LogP contribution in [0.15, 0.2) is 11.6 Å². The van der Waals surface area contributed by atoms with Crippen LogP contribution in [0.3, 0.4) is 0 Å². The third-order valence-corrected chi connectivity index (χ3v) is 5.76. The highest BCUT2D eigenvalue weighted by molar-refractivity contribution is 5.98. The Balaban J connectivity index is 2.16. The van der Waals surface area contributed by atoms with Gasteiger partial charge in [0.1, 0.15) is 17.6 Å². The number of ether oxygens (including phenoxy) is 4. The van der Waals surface area contributed by atoms with E-state index >= 15 is 0 Å². The first-order valence-electron chi connectivity index (χ1n) is 7.91. The first-order valence-corrected chi connectivity index (χ1v) is 7.91. The second kappa shape index (κ2) is 5.40. The highest BCUT2D eigenvalue weighted by Gasteiger charge is 2.74. The van der Waals surface area contributed by atoms with Crippen LogP contribution in [0.1, 0.15) is 27.2 Å². The molecule has 0 unspecified atom stereocenters. The fourth-order valence-electron chi connectivity index (χ4n) is 4.79. The number of ketones is 1. The topological polar surface area (TPSA) is 71.1 Å². The number of methoxy groups -OCH3 is 2. The molecule has 0 aromatic heterocycles. The van der Waals surface area contributed by atoms with E-state index in [0.29, 0.717) is 6.42 Å². The van der Waals surface area contributed by atoms with Gasteiger partial charge in [0, 0.05) is 33.5 Å². The first-order chi connectivity index (χ1) is 10.8. The van der Waals surface area contributed by atoms with Crippen molar-refractivity contribution in [2.24, 2.45) is 11.3 Å². The van der Waals surface area contributed by atoms with Crippen molar-refractivity contribution in [1.29, 1.82) is 0 Å². The summed E-state index contributed by atoms with van der Waals surface area (Å²) in [6.07, 6.45) is 1.18. The SMILES string of the molecule is CO[C@@H]1[C@@H](OC)[C@]2(C)OC[C@]3(C2=O)[C@H](OC(C)=O)CC=C(C)[C@@H]13. The van der Waals surface area contributed by atoms with Gasteiger partial charge in [0.25, 0.3) is 0 Å². The van der Waals surface area contributed by atoms with Crippen molar-refractivity contribution in [2.45, 2.75) is 51.1 Å². The van der Waals surface area contributed by atoms with Gasteiger partial charge in [0.05, 0.1) is 12.7 Å². The fraction of sp³-hybridized carbons (Fsp3) is 0.765. The molecule has 23 heavy (non-hydrogen) atoms. The summed E-state index contributed by atoms with van der Waals surface area (Å²) < 4.78 is 22.8. The van der Waals surface area contributed by atoms with Crippen LogP contribution in [0.2, 0.25) is 0 Å². The van der Waals surface area contributed by atoms with Gasteiger partial charge in [-0.3, -0.25) is 9.59 Å². The minimum Gasteiger partial charge on any atom is -0.461 e. The van der Waals surface area contributed by atoms with Crippen molar-refractivity contribution in [3.05, 3.63) is 11.6 Å². The molecule has 0 radical (unpaired) electrons. The van der Waals surface area contributed by atoms with Crippen molar-refractivity contribution < 1.29 is 28.5 Å². The normalized spacial score (nSPS) is 45.4. The number of carbonyl (C=O) groups is 2. The molecule has 6 atom stereocenters. The Labute approximate surface area is 136 Å². The van der Waals surface area contributed by atoms with E-state index in [4.69, 9.17) is 18.9 Å². The molecule has 6 nitrogen and oxygen atoms in total. The number of hydrogen-bond acceptors (Lipinski definition) is 6. The number of fused-ring (bicyclic) bond motifs is 1. The molecule has 2 fully saturated rings. The average molecular weight is 324 g/mol. The predicted octanol–water partition coefficient (Wildman–Crippen LogP) is 1.27. The third-order valence-electron chi connectivity index (χ3n) is 5.76. The molecule has 1 spiro atoms. The van der Waals surface area contributed by atoms with Gasteiger partial charge in [0.2, 0.25) is 0 Å². The largest absolute Gasteiger partial charge is 0.461 e. The maximum atomic E-state index is 13.4. The lowest BCUT2D eigenvalue weighted by Crippen LogP contribution is -2.68. The Morgan fingerprint density at radius 2 is 2.04 bits per heavy atom. The molecule has 0 amide bonds. The van der Waals surface area contributed by atoms with Gasteiger partial charge in [-0.15, -0.1) is 0 Å². The van der Waals surface area contributed by atoms with Gasteiger partial charge >= 0.3 is 5.97 Å². The van der Waals surface area contributed by atoms with Gasteiger partial charge in [-0.05, 0) is 13.8 Å². The monoisotopic (exact) mass is 324 g/mol. The summed E-state index contributed by atoms with van der Waals surface area (Å²) in [4.78, 5) is 24.9. The minimum absolute atomic E-state index is 0.0474. The molecular weight excluding hydrogens is 300 g/mol. The van der Waals surface area contributed by atoms with Crippen LogP contribution in [0, 0.1) is 11.3 Å². The van der Waals surface area contributed by atoms with Crippen LogP contribution in [0.4, 0.5) is 0 Å². The predicted molar refractivity (Wildman–Crippen MR) is 80.8 cm³/mol. The van der Waals surface area contributed by atoms with Gasteiger partial charge in [-0.1, -0.05) is 11.6 Å². The number of carbonyl (C=O) groups excluding carboxylic acids is 2. The summed E-state index contributed by atoms with van der Waals surface area (Å²) in [6.45, 7) is 5.32. The molecule has 1 heterocycles. The highest BCUT2D eigenvalue weighted by atomic mass is 16.6. The number of Topliss-reactive ketones (excluding diaryl/α,β-unsaturated/α-hetero) is 1. The van der Waals surface area contributed by atoms with E-state index in [1.54, 1.807) is 21.1 Å². The van der Waals surface area contributed by atoms with Crippen LogP contribution >= 0.6 is 0 Å². The van der Waals surface area contributed by atoms with Crippen molar-refractivity contribution in [3.8, 4) is 0 Å². The smallest absolute Gasteiger partial charge is 0.302 e. The Bertz CT molecular complexity index is 569. The summed E-state index contributed by atoms with van der Waals surface area (Å²) in [5.74, 6) is -0.659. The zero-order valence-corrected chi connectivity index (χ0v) is 14.3. The molecular formula is C17H24O6. The van der Waals surface area contributed by atoms with Crippen molar-refractivity contribution >= 4 is 11.8 Å². The van der Waals surface area contributed by atoms with E-state index in [0.717, 1.165) is 5.57 Å². The molecule has 3 aliphatic rings. The molecule has 128 valence electrons. The quantitative estimate of drug-likeness (QED) is 0.575. The Hall–Kier alpha value is -1.24. The van der Waals surface area contributed by atoms with E-state index in [1.165, 1.54) is 6.92 Å². The molecule has 0 aromatic carbocycles. The van der Waals surface area contributed by atoms with Gasteiger partial charge in [0.15, 0.2) is 11.4 Å². The lowest BCUT2D eigenvalue weighted by atomic mass is 9.54. The van der Waals surface area contributed by atoms with E-state index in [-0.39, 0.29) is 30.4 Å². The molecule has 1 saturated carbocycles. The van der Waals surface area contributed by atoms with Crippen molar-refractivity contribution in [2.75, 3.05) is 20.8 Å². The second-order valence-corrected chi connectivity index (χ2v) is 6.88. The molecule has 2 aliphatic carbocycles. The van der Waals surface area contributed by atoms with Crippen LogP contribution in [-0.4, -0.2) is 56.5 Å². The Morgan fingerprint density at radius 1 is 1.35 bits per heavy atom. The van der Waals surface area contributed by atoms with Crippen LogP contribution in [0.5, 0.6) is 0 Å². The van der Waals surface area contributed by atoms with Crippen LogP contribution < -0.4 is 0 Å². The van der Waals surface area contributed by atoms with E-state index in [1.807, 2.05) is 13.0 Å². The number of rotatable bonds is 3. The summed E-state index contributed by atoms with van der Waals surface area (Å²) in [7, 11) is 3.18. The van der Waals surface area contributed by atoms with Gasteiger partial charge in [-0.2, -0.15) is 0 Å². The number of esters is 1. The molecule has 1 aliphatic heterocycles. The standard InChI is InChI=1S/C17H24O6/c1-9-6-7-11(23-10(2)18)17-8-22-16(3,15(17)19)14(21-5)13(20-4)12(9)17/h6,11-14H,7-8H2,1-5H3/t11-,12+,13+,14-,16+,17+/m1/s1. The summed E-state index contributed by atoms with van der Waals surface area (Å²) in [5.41, 5.74) is -0.917. The second-order valence-electron chi connectivity index (χ2n) is 6.88. The van der Waals surface area contributed by atoms with E-state index in [9.17, 15) is 9.59 Å². The molecule has 0 N–H and O–H groups in total. The van der Waals surface area contributed by atoms with Crippen LogP contribution in [0.25, 0.3) is 0 Å². The van der Waals surface area contributed by atoms with Gasteiger partial charge in [-0.25, -0.2) is 0 Å². The molecule has 1 saturated heterocycles. The molecule has 3 rings (SSSR count). The number of hydrogen-bond donors (Lipinski definition) is 0. The van der Waals surface area contributed by atoms with E-state index < -0.39 is 23.2 Å². The maximum Gasteiger partial charge on any atom is 0.302 e. The van der Waals surface area contributed by atoms with E-state index in [2.05, 4.69) is 0 Å². The maximum absolute atomic E-state index is 13.4. The zero-order chi connectivity index (χ0) is 17.0. The van der Waals surface area contributed by atoms with Crippen molar-refractivity contribution in [3.63, 3.8) is 0 Å². The third kappa shape index (κ3) is 1.98. The summed E-state index contributed by atoms with van der Waals surface area (Å²) in [5, 5.41) is 0. The lowest BCUT2D eigenvalue weighted by molar-refractivity contribution is -0.192. The molecule has 0 aromatic rings. The molecule has 2 bridgehead atoms. The Kier molecular flexibility index (Phi) is 3.90. The lowest BCUT2D eigenvalue weighted by Gasteiger charge is -2.52. The molecule has 6 heteroatoms. The summed E-state index contributed by atoms with van der Waals surface area (Å²) >= 11 is 0. The highest BCUT2D eigenvalue weighted by Crippen LogP contribution is 2.58. The van der Waals surface area contributed by atoms with Gasteiger partial charge < -0.3 is 18.9 Å². The minimum atomic E-state index is -1.08. The first kappa shape index (κ1) is 16.6. The fourth-order valence-corrected chi connectivity index (χ4v) is 4.79.